The Balaban J connectivity index is 2.04. The molecule has 0 aliphatic heterocycles. The van der Waals surface area contributed by atoms with E-state index < -0.39 is 0 Å². The Morgan fingerprint density at radius 1 is 1.09 bits per heavy atom. The van der Waals surface area contributed by atoms with Crippen LogP contribution in [-0.2, 0) is 11.8 Å². The van der Waals surface area contributed by atoms with Gasteiger partial charge in [0.25, 0.3) is 0 Å². The zero-order chi connectivity index (χ0) is 16.4. The van der Waals surface area contributed by atoms with E-state index in [0.717, 1.165) is 28.1 Å². The molecular weight excluding hydrogens is 290 g/mol. The number of carbonyl (C=O) groups excluding carboxylic acids is 1. The maximum atomic E-state index is 12.2. The van der Waals surface area contributed by atoms with Crippen molar-refractivity contribution < 1.29 is 14.3 Å². The lowest BCUT2D eigenvalue weighted by atomic mass is 10.1. The minimum Gasteiger partial charge on any atom is -0.462 e. The third-order valence-corrected chi connectivity index (χ3v) is 3.92. The van der Waals surface area contributed by atoms with Crippen LogP contribution in [0.5, 0.6) is 11.5 Å². The van der Waals surface area contributed by atoms with Crippen LogP contribution in [0.4, 0.5) is 0 Å². The second-order valence-corrected chi connectivity index (χ2v) is 5.33. The topological polar surface area (TPSA) is 40.5 Å². The van der Waals surface area contributed by atoms with Gasteiger partial charge in [0.1, 0.15) is 11.5 Å². The van der Waals surface area contributed by atoms with E-state index in [9.17, 15) is 4.79 Å². The largest absolute Gasteiger partial charge is 0.462 e. The zero-order valence-corrected chi connectivity index (χ0v) is 13.5. The van der Waals surface area contributed by atoms with Crippen LogP contribution in [0.25, 0.3) is 10.9 Å². The summed E-state index contributed by atoms with van der Waals surface area (Å²) in [7, 11) is 1.94. The molecular formula is C19H19NO3. The number of fused-ring (bicyclic) bond motifs is 1. The molecule has 0 aliphatic rings. The maximum absolute atomic E-state index is 12.2. The molecule has 0 radical (unpaired) electrons. The van der Waals surface area contributed by atoms with Crippen LogP contribution in [0.2, 0.25) is 0 Å². The molecule has 0 bridgehead atoms. The molecule has 3 rings (SSSR count). The van der Waals surface area contributed by atoms with E-state index in [1.807, 2.05) is 74.0 Å². The van der Waals surface area contributed by atoms with E-state index in [1.54, 1.807) is 0 Å². The lowest BCUT2D eigenvalue weighted by Crippen LogP contribution is -2.06. The van der Waals surface area contributed by atoms with Gasteiger partial charge in [0.2, 0.25) is 0 Å². The quantitative estimate of drug-likeness (QED) is 0.668. The summed E-state index contributed by atoms with van der Waals surface area (Å²) in [5, 5.41) is 0.879. The van der Waals surface area contributed by atoms with Gasteiger partial charge >= 0.3 is 5.97 Å². The van der Waals surface area contributed by atoms with Crippen LogP contribution in [0.3, 0.4) is 0 Å². The Kier molecular flexibility index (Phi) is 4.06. The van der Waals surface area contributed by atoms with Gasteiger partial charge in [0.15, 0.2) is 0 Å². The summed E-state index contributed by atoms with van der Waals surface area (Å²) in [6, 6.07) is 15.3. The van der Waals surface area contributed by atoms with Crippen LogP contribution in [0.1, 0.15) is 23.0 Å². The molecule has 0 aliphatic carbocycles. The van der Waals surface area contributed by atoms with E-state index in [2.05, 4.69) is 0 Å². The highest BCUT2D eigenvalue weighted by atomic mass is 16.5. The first-order chi connectivity index (χ1) is 11.1. The predicted molar refractivity (Wildman–Crippen MR) is 90.1 cm³/mol. The van der Waals surface area contributed by atoms with E-state index in [4.69, 9.17) is 9.47 Å². The molecule has 0 saturated carbocycles. The van der Waals surface area contributed by atoms with Crippen LogP contribution >= 0.6 is 0 Å². The van der Waals surface area contributed by atoms with Gasteiger partial charge in [-0.2, -0.15) is 0 Å². The summed E-state index contributed by atoms with van der Waals surface area (Å²) < 4.78 is 13.0. The number of nitrogens with zero attached hydrogens (tertiary/aromatic N) is 1. The first-order valence-electron chi connectivity index (χ1n) is 7.61. The summed E-state index contributed by atoms with van der Waals surface area (Å²) >= 11 is 0. The number of para-hydroxylation sites is 1. The number of ether oxygens (including phenoxy) is 2. The van der Waals surface area contributed by atoms with Crippen LogP contribution < -0.4 is 4.74 Å². The average molecular weight is 309 g/mol. The van der Waals surface area contributed by atoms with E-state index in [-0.39, 0.29) is 5.97 Å². The molecule has 4 nitrogen and oxygen atoms in total. The van der Waals surface area contributed by atoms with E-state index in [1.165, 1.54) is 0 Å². The first-order valence-corrected chi connectivity index (χ1v) is 7.61. The molecule has 1 heterocycles. The standard InChI is InChI=1S/C19H19NO3/c1-4-22-19(21)18-13(2)20(3)17-12-15(10-11-16(17)18)23-14-8-6-5-7-9-14/h5-12H,4H2,1-3H3. The Morgan fingerprint density at radius 2 is 1.83 bits per heavy atom. The van der Waals surface area contributed by atoms with Gasteiger partial charge in [-0.25, -0.2) is 4.79 Å². The molecule has 0 atom stereocenters. The Labute approximate surface area is 135 Å². The summed E-state index contributed by atoms with van der Waals surface area (Å²) in [4.78, 5) is 12.2. The van der Waals surface area contributed by atoms with Crippen molar-refractivity contribution in [3.05, 3.63) is 59.8 Å². The molecule has 2 aromatic carbocycles. The molecule has 3 aromatic rings. The zero-order valence-electron chi connectivity index (χ0n) is 13.5. The van der Waals surface area contributed by atoms with Crippen molar-refractivity contribution in [1.82, 2.24) is 4.57 Å². The van der Waals surface area contributed by atoms with Gasteiger partial charge in [-0.3, -0.25) is 0 Å². The van der Waals surface area contributed by atoms with Gasteiger partial charge in [-0.15, -0.1) is 0 Å². The summed E-state index contributed by atoms with van der Waals surface area (Å²) in [5.41, 5.74) is 2.45. The number of aromatic nitrogens is 1. The van der Waals surface area contributed by atoms with Gasteiger partial charge in [0.05, 0.1) is 17.7 Å². The average Bonchev–Trinajstić information content (AvgIpc) is 2.80. The number of carbonyl (C=O) groups is 1. The molecule has 0 fully saturated rings. The maximum Gasteiger partial charge on any atom is 0.340 e. The molecule has 0 unspecified atom stereocenters. The second kappa shape index (κ2) is 6.16. The normalized spacial score (nSPS) is 10.7. The van der Waals surface area contributed by atoms with Crippen molar-refractivity contribution in [3.63, 3.8) is 0 Å². The first kappa shape index (κ1) is 15.2. The monoisotopic (exact) mass is 309 g/mol. The smallest absolute Gasteiger partial charge is 0.340 e. The van der Waals surface area contributed by atoms with Gasteiger partial charge < -0.3 is 14.0 Å². The lowest BCUT2D eigenvalue weighted by molar-refractivity contribution is 0.0527. The fourth-order valence-corrected chi connectivity index (χ4v) is 2.69. The highest BCUT2D eigenvalue weighted by molar-refractivity contribution is 6.06. The number of hydrogen-bond donors (Lipinski definition) is 0. The van der Waals surface area contributed by atoms with Crippen molar-refractivity contribution in [1.29, 1.82) is 0 Å². The third-order valence-electron chi connectivity index (χ3n) is 3.92. The van der Waals surface area contributed by atoms with Gasteiger partial charge in [0, 0.05) is 24.2 Å². The molecule has 0 amide bonds. The molecule has 23 heavy (non-hydrogen) atoms. The molecule has 1 aromatic heterocycles. The molecule has 4 heteroatoms. The van der Waals surface area contributed by atoms with E-state index in [0.29, 0.717) is 12.2 Å². The minimum absolute atomic E-state index is 0.285. The van der Waals surface area contributed by atoms with Crippen molar-refractivity contribution in [3.8, 4) is 11.5 Å². The number of esters is 1. The second-order valence-electron chi connectivity index (χ2n) is 5.33. The fourth-order valence-electron chi connectivity index (χ4n) is 2.69. The molecule has 118 valence electrons. The van der Waals surface area contributed by atoms with Crippen molar-refractivity contribution in [2.24, 2.45) is 7.05 Å². The highest BCUT2D eigenvalue weighted by Gasteiger charge is 2.19. The Bertz CT molecular complexity index is 850. The number of aryl methyl sites for hydroxylation is 1. The SMILES string of the molecule is CCOC(=O)c1c(C)n(C)c2cc(Oc3ccccc3)ccc12. The van der Waals surface area contributed by atoms with Crippen LogP contribution in [0, 0.1) is 6.92 Å². The number of hydrogen-bond acceptors (Lipinski definition) is 3. The van der Waals surface area contributed by atoms with Crippen LogP contribution in [-0.4, -0.2) is 17.1 Å². The highest BCUT2D eigenvalue weighted by Crippen LogP contribution is 2.30. The third kappa shape index (κ3) is 2.80. The fraction of sp³-hybridized carbons (Fsp3) is 0.211. The van der Waals surface area contributed by atoms with Gasteiger partial charge in [-0.05, 0) is 38.1 Å². The number of benzene rings is 2. The number of rotatable bonds is 4. The molecule has 0 N–H and O–H groups in total. The van der Waals surface area contributed by atoms with Crippen molar-refractivity contribution >= 4 is 16.9 Å². The Morgan fingerprint density at radius 3 is 2.52 bits per heavy atom. The van der Waals surface area contributed by atoms with E-state index >= 15 is 0 Å². The predicted octanol–water partition coefficient (Wildman–Crippen LogP) is 4.46. The summed E-state index contributed by atoms with van der Waals surface area (Å²) in [6.45, 7) is 4.10. The molecule has 0 saturated heterocycles. The minimum atomic E-state index is -0.285. The lowest BCUT2D eigenvalue weighted by Gasteiger charge is -2.06. The van der Waals surface area contributed by atoms with Crippen molar-refractivity contribution in [2.45, 2.75) is 13.8 Å². The Hall–Kier alpha value is -2.75. The molecule has 0 spiro atoms. The van der Waals surface area contributed by atoms with Crippen LogP contribution in [0.15, 0.2) is 48.5 Å². The van der Waals surface area contributed by atoms with Crippen molar-refractivity contribution in [2.75, 3.05) is 6.61 Å². The summed E-state index contributed by atoms with van der Waals surface area (Å²) in [5.74, 6) is 1.23. The van der Waals surface area contributed by atoms with Gasteiger partial charge in [-0.1, -0.05) is 18.2 Å². The summed E-state index contributed by atoms with van der Waals surface area (Å²) in [6.07, 6.45) is 0.